The molecule has 0 unspecified atom stereocenters. The predicted molar refractivity (Wildman–Crippen MR) is 122 cm³/mol. The Morgan fingerprint density at radius 2 is 1.64 bits per heavy atom. The number of rotatable bonds is 4. The first-order valence-corrected chi connectivity index (χ1v) is 10.8. The first kappa shape index (κ1) is 21.6. The monoisotopic (exact) mass is 505 g/mol. The number of pyridine rings is 1. The fourth-order valence-electron chi connectivity index (χ4n) is 4.92. The number of fused-ring (bicyclic) bond motifs is 5. The van der Waals surface area contributed by atoms with Gasteiger partial charge in [-0.25, -0.2) is 0 Å². The number of hydrogen-bond acceptors (Lipinski definition) is 4. The molecule has 6 rings (SSSR count). The molecule has 33 heavy (non-hydrogen) atoms. The normalized spacial score (nSPS) is 13.2. The van der Waals surface area contributed by atoms with Gasteiger partial charge in [-0.3, -0.25) is 0 Å². The number of hydrogen-bond donors (Lipinski definition) is 0. The van der Waals surface area contributed by atoms with Gasteiger partial charge in [0.25, 0.3) is 0 Å². The van der Waals surface area contributed by atoms with Crippen molar-refractivity contribution in [2.75, 3.05) is 21.0 Å². The molecule has 4 aromatic rings. The van der Waals surface area contributed by atoms with E-state index >= 15 is 0 Å². The van der Waals surface area contributed by atoms with Gasteiger partial charge in [-0.05, 0) is 35.4 Å². The van der Waals surface area contributed by atoms with Gasteiger partial charge >= 0.3 is 0 Å². The Morgan fingerprint density at radius 3 is 2.39 bits per heavy atom. The second-order valence-electron chi connectivity index (χ2n) is 8.22. The highest BCUT2D eigenvalue weighted by Gasteiger charge is 2.31. The number of halogens is 1. The number of benzene rings is 3. The van der Waals surface area contributed by atoms with E-state index in [0.717, 1.165) is 47.8 Å². The third kappa shape index (κ3) is 3.59. The van der Waals surface area contributed by atoms with Crippen LogP contribution in [0, 0.1) is 0 Å². The molecule has 0 saturated carbocycles. The Balaban J connectivity index is 0.00000228. The van der Waals surface area contributed by atoms with Gasteiger partial charge in [0, 0.05) is 29.2 Å². The van der Waals surface area contributed by atoms with Crippen LogP contribution in [0.2, 0.25) is 0 Å². The van der Waals surface area contributed by atoms with Crippen molar-refractivity contribution in [2.45, 2.75) is 19.4 Å². The van der Waals surface area contributed by atoms with Crippen LogP contribution in [-0.2, 0) is 19.4 Å². The van der Waals surface area contributed by atoms with Gasteiger partial charge in [-0.1, -0.05) is 30.3 Å². The lowest BCUT2D eigenvalue weighted by Gasteiger charge is -2.20. The molecule has 0 N–H and O–H groups in total. The van der Waals surface area contributed by atoms with E-state index < -0.39 is 0 Å². The molecular weight excluding hydrogens is 482 g/mol. The summed E-state index contributed by atoms with van der Waals surface area (Å²) in [5, 5.41) is 2.31. The number of aryl methyl sites for hydroxylation is 2. The molecule has 0 spiro atoms. The van der Waals surface area contributed by atoms with E-state index in [0.29, 0.717) is 0 Å². The summed E-state index contributed by atoms with van der Waals surface area (Å²) in [6.07, 6.45) is 4.00. The maximum Gasteiger partial charge on any atom is 0.231 e. The SMILES string of the molecule is COc1cc2c[n+]3c(c(Cc4ccccc4)c2cc1OC)-c1cc2c(cc1CC3)OCO2.[Br-]. The maximum atomic E-state index is 5.72. The van der Waals surface area contributed by atoms with Gasteiger partial charge < -0.3 is 35.9 Å². The summed E-state index contributed by atoms with van der Waals surface area (Å²) in [5.41, 5.74) is 6.28. The second-order valence-corrected chi connectivity index (χ2v) is 8.22. The Kier molecular flexibility index (Phi) is 5.62. The van der Waals surface area contributed by atoms with Crippen molar-refractivity contribution < 1.29 is 40.5 Å². The molecule has 0 aliphatic carbocycles. The molecule has 3 aromatic carbocycles. The van der Waals surface area contributed by atoms with Crippen LogP contribution in [0.15, 0.2) is 60.8 Å². The van der Waals surface area contributed by atoms with Crippen LogP contribution in [0.3, 0.4) is 0 Å². The van der Waals surface area contributed by atoms with E-state index in [1.54, 1.807) is 14.2 Å². The van der Waals surface area contributed by atoms with Crippen molar-refractivity contribution in [3.63, 3.8) is 0 Å². The topological polar surface area (TPSA) is 40.8 Å². The zero-order valence-electron chi connectivity index (χ0n) is 18.6. The van der Waals surface area contributed by atoms with Crippen LogP contribution in [0.1, 0.15) is 16.7 Å². The molecule has 0 saturated heterocycles. The lowest BCUT2D eigenvalue weighted by Crippen LogP contribution is -3.00. The third-order valence-corrected chi connectivity index (χ3v) is 6.45. The molecule has 0 atom stereocenters. The van der Waals surface area contributed by atoms with Gasteiger partial charge in [0.15, 0.2) is 35.7 Å². The summed E-state index contributed by atoms with van der Waals surface area (Å²) in [4.78, 5) is 0. The standard InChI is InChI=1S/C27H24NO4.BrH/c1-29-23-12-19-15-28-9-8-18-11-25-26(32-16-31-25)14-21(18)27(28)22(20(19)13-24(23)30-2)10-17-6-4-3-5-7-17;/h3-7,11-15H,8-10,16H2,1-2H3;1H/q+1;/p-1. The first-order valence-electron chi connectivity index (χ1n) is 10.8. The number of aromatic nitrogens is 1. The van der Waals surface area contributed by atoms with E-state index in [1.165, 1.54) is 33.3 Å². The molecule has 0 fully saturated rings. The van der Waals surface area contributed by atoms with Crippen molar-refractivity contribution in [1.82, 2.24) is 0 Å². The molecule has 6 heteroatoms. The minimum atomic E-state index is 0. The van der Waals surface area contributed by atoms with Crippen LogP contribution in [-0.4, -0.2) is 21.0 Å². The Labute approximate surface area is 203 Å². The number of nitrogens with zero attached hydrogens (tertiary/aromatic N) is 1. The van der Waals surface area contributed by atoms with Gasteiger partial charge in [-0.15, -0.1) is 0 Å². The minimum Gasteiger partial charge on any atom is -1.00 e. The highest BCUT2D eigenvalue weighted by Crippen LogP contribution is 2.43. The predicted octanol–water partition coefficient (Wildman–Crippen LogP) is 1.69. The summed E-state index contributed by atoms with van der Waals surface area (Å²) in [6.45, 7) is 1.19. The van der Waals surface area contributed by atoms with E-state index in [-0.39, 0.29) is 23.8 Å². The van der Waals surface area contributed by atoms with Crippen molar-refractivity contribution in [3.05, 3.63) is 77.5 Å². The highest BCUT2D eigenvalue weighted by atomic mass is 79.9. The fourth-order valence-corrected chi connectivity index (χ4v) is 4.92. The third-order valence-electron chi connectivity index (χ3n) is 6.45. The smallest absolute Gasteiger partial charge is 0.231 e. The molecule has 3 heterocycles. The highest BCUT2D eigenvalue weighted by molar-refractivity contribution is 5.92. The lowest BCUT2D eigenvalue weighted by atomic mass is 9.88. The van der Waals surface area contributed by atoms with Gasteiger partial charge in [0.2, 0.25) is 12.5 Å². The molecule has 1 aromatic heterocycles. The molecular formula is C27H24BrNO4. The maximum absolute atomic E-state index is 5.72. The van der Waals surface area contributed by atoms with E-state index in [2.05, 4.69) is 65.4 Å². The molecule has 168 valence electrons. The molecule has 5 nitrogen and oxygen atoms in total. The minimum absolute atomic E-state index is 0. The second kappa shape index (κ2) is 8.60. The summed E-state index contributed by atoms with van der Waals surface area (Å²) >= 11 is 0. The fraction of sp³-hybridized carbons (Fsp3) is 0.222. The first-order chi connectivity index (χ1) is 15.7. The summed E-state index contributed by atoms with van der Waals surface area (Å²) in [7, 11) is 3.36. The molecule has 2 aliphatic rings. The Bertz CT molecular complexity index is 1350. The molecule has 0 radical (unpaired) electrons. The molecule has 0 bridgehead atoms. The zero-order chi connectivity index (χ0) is 21.7. The van der Waals surface area contributed by atoms with Crippen LogP contribution < -0.4 is 40.5 Å². The Morgan fingerprint density at radius 1 is 0.909 bits per heavy atom. The van der Waals surface area contributed by atoms with E-state index in [1.807, 2.05) is 0 Å². The average Bonchev–Trinajstić information content (AvgIpc) is 3.29. The lowest BCUT2D eigenvalue weighted by molar-refractivity contribution is -0.686. The zero-order valence-corrected chi connectivity index (χ0v) is 20.1. The van der Waals surface area contributed by atoms with Gasteiger partial charge in [0.1, 0.15) is 0 Å². The number of ether oxygens (including phenoxy) is 4. The summed E-state index contributed by atoms with van der Waals surface area (Å²) in [5.74, 6) is 3.14. The van der Waals surface area contributed by atoms with Gasteiger partial charge in [0.05, 0.1) is 19.8 Å². The van der Waals surface area contributed by atoms with Gasteiger partial charge in [-0.2, -0.15) is 4.57 Å². The van der Waals surface area contributed by atoms with Crippen molar-refractivity contribution in [2.24, 2.45) is 0 Å². The van der Waals surface area contributed by atoms with E-state index in [4.69, 9.17) is 18.9 Å². The number of methoxy groups -OCH3 is 2. The quantitative estimate of drug-likeness (QED) is 0.396. The largest absolute Gasteiger partial charge is 1.00 e. The summed E-state index contributed by atoms with van der Waals surface area (Å²) < 4.78 is 25.0. The Hall–Kier alpha value is -3.25. The van der Waals surface area contributed by atoms with Crippen molar-refractivity contribution >= 4 is 10.8 Å². The van der Waals surface area contributed by atoms with Crippen molar-refractivity contribution in [3.8, 4) is 34.3 Å². The average molecular weight is 506 g/mol. The molecule has 2 aliphatic heterocycles. The van der Waals surface area contributed by atoms with Crippen LogP contribution in [0.25, 0.3) is 22.0 Å². The molecule has 0 amide bonds. The van der Waals surface area contributed by atoms with Crippen molar-refractivity contribution in [1.29, 1.82) is 0 Å². The van der Waals surface area contributed by atoms with Crippen LogP contribution in [0.4, 0.5) is 0 Å². The van der Waals surface area contributed by atoms with Crippen LogP contribution >= 0.6 is 0 Å². The van der Waals surface area contributed by atoms with Crippen LogP contribution in [0.5, 0.6) is 23.0 Å². The van der Waals surface area contributed by atoms with E-state index in [9.17, 15) is 0 Å². The summed E-state index contributed by atoms with van der Waals surface area (Å²) in [6, 6.07) is 19.1.